The fourth-order valence-corrected chi connectivity index (χ4v) is 5.84. The lowest BCUT2D eigenvalue weighted by molar-refractivity contribution is 0.140. The highest BCUT2D eigenvalue weighted by atomic mass is 16.5. The molecule has 0 bridgehead atoms. The van der Waals surface area contributed by atoms with Crippen molar-refractivity contribution in [1.29, 1.82) is 0 Å². The van der Waals surface area contributed by atoms with E-state index in [0.717, 1.165) is 51.1 Å². The van der Waals surface area contributed by atoms with Gasteiger partial charge in [-0.05, 0) is 56.7 Å². The SMILES string of the molecule is [C-]#[N+]CCN(CC)C1(C2CCN(c3ccc4c(=O)[nH]c(=O)n(C5CC5)c4c3OC)C2)CC1. The molecule has 2 aliphatic carbocycles. The van der Waals surface area contributed by atoms with Gasteiger partial charge < -0.3 is 14.5 Å². The van der Waals surface area contributed by atoms with Crippen molar-refractivity contribution >= 4 is 16.6 Å². The molecule has 170 valence electrons. The number of ether oxygens (including phenoxy) is 1. The number of aromatic amines is 1. The van der Waals surface area contributed by atoms with Crippen molar-refractivity contribution in [3.8, 4) is 5.75 Å². The highest BCUT2D eigenvalue weighted by molar-refractivity contribution is 5.90. The molecule has 8 nitrogen and oxygen atoms in total. The maximum absolute atomic E-state index is 12.6. The van der Waals surface area contributed by atoms with Crippen LogP contribution in [0.5, 0.6) is 5.75 Å². The summed E-state index contributed by atoms with van der Waals surface area (Å²) in [6.45, 7) is 13.6. The minimum Gasteiger partial charge on any atom is -0.492 e. The summed E-state index contributed by atoms with van der Waals surface area (Å²) in [6, 6.07) is 3.93. The maximum Gasteiger partial charge on any atom is 0.329 e. The minimum atomic E-state index is -0.360. The number of nitrogens with zero attached hydrogens (tertiary/aromatic N) is 4. The summed E-state index contributed by atoms with van der Waals surface area (Å²) in [7, 11) is 1.63. The lowest BCUT2D eigenvalue weighted by Crippen LogP contribution is -2.45. The van der Waals surface area contributed by atoms with Gasteiger partial charge in [0.1, 0.15) is 5.52 Å². The molecule has 0 amide bonds. The molecule has 32 heavy (non-hydrogen) atoms. The zero-order valence-electron chi connectivity index (χ0n) is 18.9. The number of methoxy groups -OCH3 is 1. The zero-order valence-corrected chi connectivity index (χ0v) is 18.9. The zero-order chi connectivity index (χ0) is 22.5. The molecule has 1 N–H and O–H groups in total. The van der Waals surface area contributed by atoms with Crippen molar-refractivity contribution in [2.24, 2.45) is 5.92 Å². The normalized spacial score (nSPS) is 21.8. The molecule has 2 aromatic rings. The van der Waals surface area contributed by atoms with Crippen LogP contribution < -0.4 is 20.9 Å². The quantitative estimate of drug-likeness (QED) is 0.643. The van der Waals surface area contributed by atoms with Crippen LogP contribution in [0, 0.1) is 12.5 Å². The fourth-order valence-electron chi connectivity index (χ4n) is 5.84. The molecular formula is C24H31N5O3. The molecule has 1 aromatic carbocycles. The van der Waals surface area contributed by atoms with Crippen LogP contribution in [0.4, 0.5) is 5.69 Å². The molecule has 1 atom stereocenters. The van der Waals surface area contributed by atoms with Gasteiger partial charge in [-0.2, -0.15) is 0 Å². The Morgan fingerprint density at radius 2 is 2.06 bits per heavy atom. The highest BCUT2D eigenvalue weighted by Crippen LogP contribution is 2.52. The lowest BCUT2D eigenvalue weighted by atomic mass is 9.94. The number of nitrogens with one attached hydrogen (secondary N) is 1. The fraction of sp³-hybridized carbons (Fsp3) is 0.625. The Bertz CT molecular complexity index is 1190. The van der Waals surface area contributed by atoms with Gasteiger partial charge in [-0.15, -0.1) is 0 Å². The van der Waals surface area contributed by atoms with Crippen molar-refractivity contribution in [2.75, 3.05) is 44.7 Å². The van der Waals surface area contributed by atoms with Crippen molar-refractivity contribution in [3.63, 3.8) is 0 Å². The summed E-state index contributed by atoms with van der Waals surface area (Å²) >= 11 is 0. The van der Waals surface area contributed by atoms with E-state index >= 15 is 0 Å². The van der Waals surface area contributed by atoms with E-state index in [1.54, 1.807) is 11.7 Å². The number of anilines is 1. The molecular weight excluding hydrogens is 406 g/mol. The molecule has 2 heterocycles. The van der Waals surface area contributed by atoms with Crippen molar-refractivity contribution in [1.82, 2.24) is 14.5 Å². The van der Waals surface area contributed by atoms with Crippen LogP contribution in [0.25, 0.3) is 15.7 Å². The molecule has 2 saturated carbocycles. The van der Waals surface area contributed by atoms with Crippen LogP contribution in [-0.4, -0.2) is 59.8 Å². The van der Waals surface area contributed by atoms with Crippen LogP contribution in [0.1, 0.15) is 45.1 Å². The van der Waals surface area contributed by atoms with Gasteiger partial charge >= 0.3 is 5.69 Å². The summed E-state index contributed by atoms with van der Waals surface area (Å²) in [5.74, 6) is 1.17. The number of aromatic nitrogens is 2. The number of hydrogen-bond acceptors (Lipinski definition) is 5. The smallest absolute Gasteiger partial charge is 0.329 e. The van der Waals surface area contributed by atoms with E-state index in [1.807, 2.05) is 12.1 Å². The van der Waals surface area contributed by atoms with E-state index in [2.05, 4.69) is 26.6 Å². The summed E-state index contributed by atoms with van der Waals surface area (Å²) in [6.07, 6.45) is 5.38. The Labute approximate surface area is 187 Å². The second-order valence-electron chi connectivity index (χ2n) is 9.37. The summed E-state index contributed by atoms with van der Waals surface area (Å²) in [5.41, 5.74) is 1.09. The van der Waals surface area contributed by atoms with E-state index in [-0.39, 0.29) is 22.8 Å². The largest absolute Gasteiger partial charge is 0.492 e. The van der Waals surface area contributed by atoms with Crippen molar-refractivity contribution in [2.45, 2.75) is 50.6 Å². The van der Waals surface area contributed by atoms with Crippen LogP contribution in [0.3, 0.4) is 0 Å². The van der Waals surface area contributed by atoms with E-state index in [4.69, 9.17) is 11.3 Å². The second-order valence-corrected chi connectivity index (χ2v) is 9.37. The Hall–Kier alpha value is -2.79. The van der Waals surface area contributed by atoms with E-state index < -0.39 is 0 Å². The lowest BCUT2D eigenvalue weighted by Gasteiger charge is -2.34. The number of hydrogen-bond donors (Lipinski definition) is 1. The number of fused-ring (bicyclic) bond motifs is 1. The van der Waals surface area contributed by atoms with Gasteiger partial charge in [0, 0.05) is 24.7 Å². The van der Waals surface area contributed by atoms with E-state index in [0.29, 0.717) is 29.1 Å². The van der Waals surface area contributed by atoms with Gasteiger partial charge in [-0.1, -0.05) is 6.92 Å². The first-order valence-electron chi connectivity index (χ1n) is 11.7. The third-order valence-electron chi connectivity index (χ3n) is 7.70. The predicted molar refractivity (Wildman–Crippen MR) is 125 cm³/mol. The first-order valence-corrected chi connectivity index (χ1v) is 11.7. The summed E-state index contributed by atoms with van der Waals surface area (Å²) in [4.78, 5) is 36.1. The molecule has 5 rings (SSSR count). The number of H-pyrrole nitrogens is 1. The predicted octanol–water partition coefficient (Wildman–Crippen LogP) is 2.63. The summed E-state index contributed by atoms with van der Waals surface area (Å²) in [5, 5.41) is 0.503. The van der Waals surface area contributed by atoms with Gasteiger partial charge in [0.05, 0.1) is 24.7 Å². The van der Waals surface area contributed by atoms with Crippen LogP contribution in [0.15, 0.2) is 21.7 Å². The minimum absolute atomic E-state index is 0.132. The Morgan fingerprint density at radius 3 is 2.69 bits per heavy atom. The molecule has 1 aliphatic heterocycles. The molecule has 8 heteroatoms. The van der Waals surface area contributed by atoms with Crippen LogP contribution in [-0.2, 0) is 0 Å². The maximum atomic E-state index is 12.6. The first kappa shape index (κ1) is 21.1. The van der Waals surface area contributed by atoms with Gasteiger partial charge in [-0.25, -0.2) is 11.4 Å². The van der Waals surface area contributed by atoms with Gasteiger partial charge in [0.15, 0.2) is 5.75 Å². The molecule has 3 fully saturated rings. The molecule has 0 spiro atoms. The Kier molecular flexibility index (Phi) is 5.25. The van der Waals surface area contributed by atoms with Crippen LogP contribution in [0.2, 0.25) is 0 Å². The Balaban J connectivity index is 1.50. The Morgan fingerprint density at radius 1 is 1.28 bits per heavy atom. The number of benzene rings is 1. The number of rotatable bonds is 8. The second kappa shape index (κ2) is 7.96. The standard InChI is InChI=1S/C24H31N5O3/c1-4-28(14-12-25-2)24(10-11-24)16-9-13-27(15-16)19-8-7-18-20(21(19)32-3)29(17-5-6-17)23(31)26-22(18)30/h7-8,16-17H,4-6,9-15H2,1,3H3,(H,26,30,31). The highest BCUT2D eigenvalue weighted by Gasteiger charge is 2.54. The monoisotopic (exact) mass is 437 g/mol. The van der Waals surface area contributed by atoms with Crippen molar-refractivity contribution < 1.29 is 4.74 Å². The molecule has 1 aromatic heterocycles. The van der Waals surface area contributed by atoms with Crippen molar-refractivity contribution in [3.05, 3.63) is 44.4 Å². The van der Waals surface area contributed by atoms with Gasteiger partial charge in [-0.3, -0.25) is 19.2 Å². The molecule has 1 saturated heterocycles. The first-order chi connectivity index (χ1) is 15.5. The van der Waals surface area contributed by atoms with Crippen LogP contribution >= 0.6 is 0 Å². The topological polar surface area (TPSA) is 74.9 Å². The average molecular weight is 438 g/mol. The molecule has 3 aliphatic rings. The summed E-state index contributed by atoms with van der Waals surface area (Å²) < 4.78 is 7.58. The van der Waals surface area contributed by atoms with Gasteiger partial charge in [0.25, 0.3) is 5.56 Å². The molecule has 1 unspecified atom stereocenters. The average Bonchev–Trinajstić information content (AvgIpc) is 3.72. The third-order valence-corrected chi connectivity index (χ3v) is 7.70. The van der Waals surface area contributed by atoms with Gasteiger partial charge in [0.2, 0.25) is 6.54 Å². The third kappa shape index (κ3) is 3.30. The van der Waals surface area contributed by atoms with E-state index in [9.17, 15) is 9.59 Å². The molecule has 0 radical (unpaired) electrons. The number of likely N-dealkylation sites (N-methyl/N-ethyl adjacent to an activating group) is 1. The van der Waals surface area contributed by atoms with E-state index in [1.165, 1.54) is 12.8 Å².